The van der Waals surface area contributed by atoms with Crippen molar-refractivity contribution >= 4 is 35.0 Å². The highest BCUT2D eigenvalue weighted by atomic mass is 35.5. The van der Waals surface area contributed by atoms with E-state index in [1.807, 2.05) is 12.1 Å². The lowest BCUT2D eigenvalue weighted by atomic mass is 10.2. The molecule has 2 N–H and O–H groups in total. The number of nitrogens with zero attached hydrogens (tertiary/aromatic N) is 4. The predicted molar refractivity (Wildman–Crippen MR) is 120 cm³/mol. The number of nitrogens with one attached hydrogen (secondary N) is 2. The molecule has 4 rings (SSSR count). The van der Waals surface area contributed by atoms with Crippen molar-refractivity contribution in [1.82, 2.24) is 19.7 Å². The van der Waals surface area contributed by atoms with Crippen molar-refractivity contribution in [3.05, 3.63) is 53.8 Å². The van der Waals surface area contributed by atoms with E-state index in [-0.39, 0.29) is 11.7 Å². The fourth-order valence-electron chi connectivity index (χ4n) is 3.35. The topological polar surface area (TPSA) is 86.4 Å². The van der Waals surface area contributed by atoms with E-state index in [9.17, 15) is 4.79 Å². The molecule has 0 atom stereocenters. The summed E-state index contributed by atoms with van der Waals surface area (Å²) in [5.41, 5.74) is 1.62. The molecule has 1 aromatic carbocycles. The van der Waals surface area contributed by atoms with Crippen LogP contribution >= 0.6 is 23.4 Å². The first-order valence-electron chi connectivity index (χ1n) is 10.1. The van der Waals surface area contributed by atoms with E-state index >= 15 is 0 Å². The number of amides is 1. The normalized spacial score (nSPS) is 14.5. The number of carbonyl (C=O) groups is 1. The Kier molecular flexibility index (Phi) is 7.52. The van der Waals surface area contributed by atoms with Crippen LogP contribution in [0.15, 0.2) is 53.9 Å². The molecule has 3 heterocycles. The SMILES string of the molecule is O=C(CSc1nnc(-c2cccnc2)n1CC[NH+]1CCOCC1)Nc1ccc(Cl)cc1. The number of ether oxygens (including phenoxy) is 1. The number of aromatic nitrogens is 4. The van der Waals surface area contributed by atoms with Gasteiger partial charge in [-0.2, -0.15) is 0 Å². The van der Waals surface area contributed by atoms with Crippen molar-refractivity contribution in [1.29, 1.82) is 0 Å². The minimum atomic E-state index is -0.108. The minimum Gasteiger partial charge on any atom is -0.370 e. The first kappa shape index (κ1) is 21.8. The van der Waals surface area contributed by atoms with Gasteiger partial charge in [0.05, 0.1) is 32.1 Å². The van der Waals surface area contributed by atoms with Gasteiger partial charge in [-0.15, -0.1) is 10.2 Å². The molecule has 0 unspecified atom stereocenters. The third-order valence-electron chi connectivity index (χ3n) is 4.99. The van der Waals surface area contributed by atoms with Crippen molar-refractivity contribution in [2.75, 3.05) is 43.9 Å². The van der Waals surface area contributed by atoms with E-state index in [1.165, 1.54) is 16.7 Å². The van der Waals surface area contributed by atoms with E-state index in [1.54, 1.807) is 36.7 Å². The molecule has 0 radical (unpaired) electrons. The average molecular weight is 460 g/mol. The van der Waals surface area contributed by atoms with E-state index in [4.69, 9.17) is 16.3 Å². The first-order valence-corrected chi connectivity index (χ1v) is 11.5. The van der Waals surface area contributed by atoms with Gasteiger partial charge in [-0.25, -0.2) is 0 Å². The Labute approximate surface area is 190 Å². The van der Waals surface area contributed by atoms with Gasteiger partial charge in [-0.05, 0) is 36.4 Å². The maximum Gasteiger partial charge on any atom is 0.234 e. The van der Waals surface area contributed by atoms with Crippen LogP contribution in [0.4, 0.5) is 5.69 Å². The second-order valence-corrected chi connectivity index (χ2v) is 8.53. The van der Waals surface area contributed by atoms with Gasteiger partial charge in [0.25, 0.3) is 0 Å². The molecule has 0 saturated carbocycles. The Morgan fingerprint density at radius 2 is 2.00 bits per heavy atom. The van der Waals surface area contributed by atoms with Crippen molar-refractivity contribution < 1.29 is 14.4 Å². The zero-order valence-electron chi connectivity index (χ0n) is 17.0. The van der Waals surface area contributed by atoms with Crippen molar-refractivity contribution in [2.45, 2.75) is 11.7 Å². The summed E-state index contributed by atoms with van der Waals surface area (Å²) in [5.74, 6) is 0.892. The molecular weight excluding hydrogens is 436 g/mol. The number of quaternary nitrogens is 1. The maximum atomic E-state index is 12.4. The highest BCUT2D eigenvalue weighted by molar-refractivity contribution is 7.99. The highest BCUT2D eigenvalue weighted by Crippen LogP contribution is 2.23. The summed E-state index contributed by atoms with van der Waals surface area (Å²) in [6.45, 7) is 5.28. The van der Waals surface area contributed by atoms with Gasteiger partial charge < -0.3 is 15.0 Å². The van der Waals surface area contributed by atoms with E-state index in [0.717, 1.165) is 55.9 Å². The van der Waals surface area contributed by atoms with Gasteiger partial charge in [-0.3, -0.25) is 14.3 Å². The average Bonchev–Trinajstić information content (AvgIpc) is 3.22. The maximum absolute atomic E-state index is 12.4. The molecular formula is C21H24ClN6O2S+. The summed E-state index contributed by atoms with van der Waals surface area (Å²) in [5, 5.41) is 13.0. The Morgan fingerprint density at radius 3 is 2.74 bits per heavy atom. The number of thioether (sulfide) groups is 1. The second-order valence-electron chi connectivity index (χ2n) is 7.16. The molecule has 1 fully saturated rings. The second kappa shape index (κ2) is 10.7. The van der Waals surface area contributed by atoms with Crippen LogP contribution in [-0.4, -0.2) is 64.3 Å². The molecule has 0 bridgehead atoms. The van der Waals surface area contributed by atoms with Crippen LogP contribution in [0.1, 0.15) is 0 Å². The third kappa shape index (κ3) is 6.04. The summed E-state index contributed by atoms with van der Waals surface area (Å²) in [6.07, 6.45) is 3.52. The Balaban J connectivity index is 1.44. The summed E-state index contributed by atoms with van der Waals surface area (Å²) in [4.78, 5) is 18.1. The molecule has 1 amide bonds. The van der Waals surface area contributed by atoms with Crippen LogP contribution in [-0.2, 0) is 16.1 Å². The number of benzene rings is 1. The smallest absolute Gasteiger partial charge is 0.234 e. The lowest BCUT2D eigenvalue weighted by Gasteiger charge is -2.24. The van der Waals surface area contributed by atoms with Crippen molar-refractivity contribution in [3.8, 4) is 11.4 Å². The predicted octanol–water partition coefficient (Wildman–Crippen LogP) is 1.64. The van der Waals surface area contributed by atoms with Gasteiger partial charge >= 0.3 is 0 Å². The first-order chi connectivity index (χ1) is 15.2. The molecule has 8 nitrogen and oxygen atoms in total. The van der Waals surface area contributed by atoms with E-state index in [0.29, 0.717) is 10.7 Å². The number of morpholine rings is 1. The Hall–Kier alpha value is -2.46. The molecule has 31 heavy (non-hydrogen) atoms. The van der Waals surface area contributed by atoms with Crippen LogP contribution in [0.3, 0.4) is 0 Å². The molecule has 1 aliphatic heterocycles. The van der Waals surface area contributed by atoms with E-state index < -0.39 is 0 Å². The summed E-state index contributed by atoms with van der Waals surface area (Å²) < 4.78 is 7.54. The van der Waals surface area contributed by atoms with Crippen LogP contribution in [0.2, 0.25) is 5.02 Å². The van der Waals surface area contributed by atoms with Gasteiger partial charge in [-0.1, -0.05) is 23.4 Å². The number of rotatable bonds is 8. The summed E-state index contributed by atoms with van der Waals surface area (Å²) in [6, 6.07) is 10.9. The lowest BCUT2D eigenvalue weighted by molar-refractivity contribution is -0.908. The quantitative estimate of drug-likeness (QED) is 0.498. The monoisotopic (exact) mass is 459 g/mol. The Bertz CT molecular complexity index is 993. The molecule has 0 spiro atoms. The molecule has 10 heteroatoms. The summed E-state index contributed by atoms with van der Waals surface area (Å²) >= 11 is 7.27. The van der Waals surface area contributed by atoms with Gasteiger partial charge in [0.2, 0.25) is 5.91 Å². The van der Waals surface area contributed by atoms with Gasteiger partial charge in [0.1, 0.15) is 13.1 Å². The number of anilines is 1. The molecule has 162 valence electrons. The van der Waals surface area contributed by atoms with Crippen molar-refractivity contribution in [3.63, 3.8) is 0 Å². The third-order valence-corrected chi connectivity index (χ3v) is 6.20. The largest absolute Gasteiger partial charge is 0.370 e. The van der Waals surface area contributed by atoms with Crippen LogP contribution in [0, 0.1) is 0 Å². The lowest BCUT2D eigenvalue weighted by Crippen LogP contribution is -3.14. The molecule has 0 aliphatic carbocycles. The van der Waals surface area contributed by atoms with Gasteiger partial charge in [0, 0.05) is 28.7 Å². The highest BCUT2D eigenvalue weighted by Gasteiger charge is 2.19. The summed E-state index contributed by atoms with van der Waals surface area (Å²) in [7, 11) is 0. The molecule has 3 aromatic rings. The molecule has 1 saturated heterocycles. The zero-order valence-corrected chi connectivity index (χ0v) is 18.5. The van der Waals surface area contributed by atoms with Crippen LogP contribution in [0.5, 0.6) is 0 Å². The molecule has 2 aromatic heterocycles. The van der Waals surface area contributed by atoms with Gasteiger partial charge in [0.15, 0.2) is 11.0 Å². The minimum absolute atomic E-state index is 0.108. The van der Waals surface area contributed by atoms with Crippen LogP contribution < -0.4 is 10.2 Å². The fraction of sp³-hybridized carbons (Fsp3) is 0.333. The fourth-order valence-corrected chi connectivity index (χ4v) is 4.24. The molecule has 1 aliphatic rings. The Morgan fingerprint density at radius 1 is 1.19 bits per heavy atom. The van der Waals surface area contributed by atoms with Crippen LogP contribution in [0.25, 0.3) is 11.4 Å². The number of pyridine rings is 1. The standard InChI is InChI=1S/C21H23ClN6O2S/c22-17-3-5-18(6-4-17)24-19(29)15-31-21-26-25-20(16-2-1-7-23-14-16)28(21)9-8-27-10-12-30-13-11-27/h1-7,14H,8-13,15H2,(H,24,29)/p+1. The number of carbonyl (C=O) groups excluding carboxylic acids is 1. The number of hydrogen-bond acceptors (Lipinski definition) is 6. The van der Waals surface area contributed by atoms with Crippen molar-refractivity contribution in [2.24, 2.45) is 0 Å². The number of halogens is 1. The van der Waals surface area contributed by atoms with E-state index in [2.05, 4.69) is 25.1 Å². The number of hydrogen-bond donors (Lipinski definition) is 2. The zero-order chi connectivity index (χ0) is 21.5.